The number of ether oxygens (including phenoxy) is 1. The Morgan fingerprint density at radius 1 is 1.24 bits per heavy atom. The second kappa shape index (κ2) is 7.48. The Labute approximate surface area is 99.5 Å². The highest BCUT2D eigenvalue weighted by Gasteiger charge is 2.21. The molecule has 0 aliphatic heterocycles. The molecule has 2 amide bonds. The summed E-state index contributed by atoms with van der Waals surface area (Å²) in [4.78, 5) is 33.2. The van der Waals surface area contributed by atoms with Crippen molar-refractivity contribution in [2.75, 3.05) is 6.61 Å². The molecule has 0 spiro atoms. The number of nitrogens with one attached hydrogen (secondary N) is 2. The second-order valence-electron chi connectivity index (χ2n) is 3.39. The predicted molar refractivity (Wildman–Crippen MR) is 59.5 cm³/mol. The van der Waals surface area contributed by atoms with Crippen molar-refractivity contribution in [3.63, 3.8) is 0 Å². The van der Waals surface area contributed by atoms with E-state index in [1.165, 1.54) is 6.92 Å². The van der Waals surface area contributed by atoms with Crippen molar-refractivity contribution in [1.29, 1.82) is 0 Å². The molecule has 3 N–H and O–H groups in total. The third-order valence-corrected chi connectivity index (χ3v) is 2.00. The van der Waals surface area contributed by atoms with Crippen LogP contribution in [0.5, 0.6) is 0 Å². The molecule has 0 heterocycles. The Morgan fingerprint density at radius 2 is 1.82 bits per heavy atom. The van der Waals surface area contributed by atoms with Gasteiger partial charge in [-0.15, -0.1) is 0 Å². The van der Waals surface area contributed by atoms with Gasteiger partial charge in [0.25, 0.3) is 0 Å². The van der Waals surface area contributed by atoms with Gasteiger partial charge in [-0.2, -0.15) is 0 Å². The molecule has 98 valence electrons. The van der Waals surface area contributed by atoms with Crippen LogP contribution < -0.4 is 10.6 Å². The van der Waals surface area contributed by atoms with E-state index in [2.05, 4.69) is 15.4 Å². The lowest BCUT2D eigenvalue weighted by Crippen LogP contribution is -2.50. The van der Waals surface area contributed by atoms with E-state index in [1.807, 2.05) is 0 Å². The molecule has 2 atom stereocenters. The zero-order valence-electron chi connectivity index (χ0n) is 10.1. The summed E-state index contributed by atoms with van der Waals surface area (Å²) < 4.78 is 4.69. The second-order valence-corrected chi connectivity index (χ2v) is 3.39. The minimum absolute atomic E-state index is 0.221. The largest absolute Gasteiger partial charge is 0.480 e. The molecule has 0 aliphatic carbocycles. The monoisotopic (exact) mass is 246 g/mol. The zero-order chi connectivity index (χ0) is 13.4. The van der Waals surface area contributed by atoms with Gasteiger partial charge in [0, 0.05) is 0 Å². The average molecular weight is 246 g/mol. The van der Waals surface area contributed by atoms with Crippen LogP contribution in [0.1, 0.15) is 27.2 Å². The lowest BCUT2D eigenvalue weighted by atomic mass is 10.2. The lowest BCUT2D eigenvalue weighted by molar-refractivity contribution is -0.144. The Morgan fingerprint density at radius 3 is 2.24 bits per heavy atom. The van der Waals surface area contributed by atoms with Gasteiger partial charge < -0.3 is 20.5 Å². The summed E-state index contributed by atoms with van der Waals surface area (Å²) in [5.74, 6) is -1.68. The highest BCUT2D eigenvalue weighted by Crippen LogP contribution is 1.92. The van der Waals surface area contributed by atoms with Crippen LogP contribution in [0, 0.1) is 0 Å². The first-order valence-electron chi connectivity index (χ1n) is 5.38. The molecule has 0 aromatic heterocycles. The summed E-state index contributed by atoms with van der Waals surface area (Å²) >= 11 is 0. The molecular weight excluding hydrogens is 228 g/mol. The number of amides is 2. The maximum atomic E-state index is 11.3. The van der Waals surface area contributed by atoms with Gasteiger partial charge in [-0.1, -0.05) is 6.92 Å². The molecule has 7 nitrogen and oxygen atoms in total. The standard InChI is InChI=1S/C10H18N2O5/c1-4-7(8(13)14)12-10(16)11-6(3)9(15)17-5-2/h6-7H,4-5H2,1-3H3,(H,13,14)(H2,11,12,16)/t6?,7-/m0/s1. The quantitative estimate of drug-likeness (QED) is 0.576. The summed E-state index contributed by atoms with van der Waals surface area (Å²) in [5.41, 5.74) is 0. The van der Waals surface area contributed by atoms with Crippen molar-refractivity contribution in [1.82, 2.24) is 10.6 Å². The van der Waals surface area contributed by atoms with Gasteiger partial charge in [0.1, 0.15) is 12.1 Å². The molecule has 0 radical (unpaired) electrons. The van der Waals surface area contributed by atoms with Gasteiger partial charge in [-0.05, 0) is 20.3 Å². The molecule has 0 saturated carbocycles. The van der Waals surface area contributed by atoms with E-state index < -0.39 is 30.1 Å². The van der Waals surface area contributed by atoms with Crippen LogP contribution >= 0.6 is 0 Å². The van der Waals surface area contributed by atoms with E-state index in [1.54, 1.807) is 13.8 Å². The normalized spacial score (nSPS) is 13.4. The molecule has 1 unspecified atom stereocenters. The first kappa shape index (κ1) is 15.2. The number of esters is 1. The molecular formula is C10H18N2O5. The van der Waals surface area contributed by atoms with Crippen LogP contribution in [-0.2, 0) is 14.3 Å². The molecule has 0 aliphatic rings. The Kier molecular flexibility index (Phi) is 6.69. The fourth-order valence-corrected chi connectivity index (χ4v) is 1.06. The number of carboxylic acid groups (broad SMARTS) is 1. The molecule has 0 saturated heterocycles. The van der Waals surface area contributed by atoms with E-state index in [9.17, 15) is 14.4 Å². The van der Waals surface area contributed by atoms with E-state index in [4.69, 9.17) is 5.11 Å². The van der Waals surface area contributed by atoms with Crippen molar-refractivity contribution < 1.29 is 24.2 Å². The summed E-state index contributed by atoms with van der Waals surface area (Å²) in [6.45, 7) is 4.97. The molecule has 0 aromatic rings. The van der Waals surface area contributed by atoms with Crippen molar-refractivity contribution in [3.8, 4) is 0 Å². The molecule has 17 heavy (non-hydrogen) atoms. The predicted octanol–water partition coefficient (Wildman–Crippen LogP) is 0.100. The van der Waals surface area contributed by atoms with E-state index >= 15 is 0 Å². The maximum absolute atomic E-state index is 11.3. The number of carbonyl (C=O) groups excluding carboxylic acids is 2. The van der Waals surface area contributed by atoms with E-state index in [0.717, 1.165) is 0 Å². The number of carboxylic acids is 1. The number of rotatable bonds is 6. The molecule has 0 bridgehead atoms. The van der Waals surface area contributed by atoms with Gasteiger partial charge in [0.05, 0.1) is 6.61 Å². The van der Waals surface area contributed by atoms with Crippen LogP contribution in [0.3, 0.4) is 0 Å². The van der Waals surface area contributed by atoms with Crippen LogP contribution in [0.25, 0.3) is 0 Å². The first-order chi connectivity index (χ1) is 7.92. The Balaban J connectivity index is 4.17. The SMILES string of the molecule is CCOC(=O)C(C)NC(=O)N[C@@H](CC)C(=O)O. The van der Waals surface area contributed by atoms with Gasteiger partial charge >= 0.3 is 18.0 Å². The number of carbonyl (C=O) groups is 3. The summed E-state index contributed by atoms with van der Waals surface area (Å²) in [6, 6.07) is -2.49. The van der Waals surface area contributed by atoms with E-state index in [-0.39, 0.29) is 13.0 Å². The van der Waals surface area contributed by atoms with Crippen molar-refractivity contribution >= 4 is 18.0 Å². The Hall–Kier alpha value is -1.79. The topological polar surface area (TPSA) is 105 Å². The zero-order valence-corrected chi connectivity index (χ0v) is 10.1. The fourth-order valence-electron chi connectivity index (χ4n) is 1.06. The highest BCUT2D eigenvalue weighted by atomic mass is 16.5. The van der Waals surface area contributed by atoms with E-state index in [0.29, 0.717) is 0 Å². The minimum Gasteiger partial charge on any atom is -0.480 e. The molecule has 7 heteroatoms. The number of hydrogen-bond acceptors (Lipinski definition) is 4. The molecule has 0 rings (SSSR count). The van der Waals surface area contributed by atoms with Crippen molar-refractivity contribution in [2.24, 2.45) is 0 Å². The average Bonchev–Trinajstić information content (AvgIpc) is 2.25. The lowest BCUT2D eigenvalue weighted by Gasteiger charge is -2.16. The number of hydrogen-bond donors (Lipinski definition) is 3. The molecule has 0 fully saturated rings. The maximum Gasteiger partial charge on any atom is 0.328 e. The highest BCUT2D eigenvalue weighted by molar-refractivity contribution is 5.86. The number of aliphatic carboxylic acids is 1. The van der Waals surface area contributed by atoms with Gasteiger partial charge in [0.2, 0.25) is 0 Å². The minimum atomic E-state index is -1.12. The van der Waals surface area contributed by atoms with Gasteiger partial charge in [-0.25, -0.2) is 14.4 Å². The van der Waals surface area contributed by atoms with Crippen molar-refractivity contribution in [3.05, 3.63) is 0 Å². The third-order valence-electron chi connectivity index (χ3n) is 2.00. The smallest absolute Gasteiger partial charge is 0.328 e. The molecule has 0 aromatic carbocycles. The summed E-state index contributed by atoms with van der Waals surface area (Å²) in [6.07, 6.45) is 0.260. The summed E-state index contributed by atoms with van der Waals surface area (Å²) in [5, 5.41) is 13.2. The van der Waals surface area contributed by atoms with Crippen molar-refractivity contribution in [2.45, 2.75) is 39.3 Å². The fraction of sp³-hybridized carbons (Fsp3) is 0.700. The number of urea groups is 1. The summed E-state index contributed by atoms with van der Waals surface area (Å²) in [7, 11) is 0. The first-order valence-corrected chi connectivity index (χ1v) is 5.38. The third kappa shape index (κ3) is 5.74. The van der Waals surface area contributed by atoms with Gasteiger partial charge in [0.15, 0.2) is 0 Å². The Bertz CT molecular complexity index is 292. The van der Waals surface area contributed by atoms with Crippen LogP contribution in [0.2, 0.25) is 0 Å². The van der Waals surface area contributed by atoms with Crippen LogP contribution in [0.15, 0.2) is 0 Å². The van der Waals surface area contributed by atoms with Crippen LogP contribution in [0.4, 0.5) is 4.79 Å². The van der Waals surface area contributed by atoms with Crippen LogP contribution in [-0.4, -0.2) is 41.8 Å². The van der Waals surface area contributed by atoms with Gasteiger partial charge in [-0.3, -0.25) is 0 Å².